The highest BCUT2D eigenvalue weighted by molar-refractivity contribution is 14.1. The average Bonchev–Trinajstić information content (AvgIpc) is 3.01. The summed E-state index contributed by atoms with van der Waals surface area (Å²) < 4.78 is 7.77. The zero-order chi connectivity index (χ0) is 13.2. The fourth-order valence-electron chi connectivity index (χ4n) is 1.89. The van der Waals surface area contributed by atoms with Gasteiger partial charge in [-0.1, -0.05) is 23.4 Å². The smallest absolute Gasteiger partial charge is 0.415 e. The van der Waals surface area contributed by atoms with Gasteiger partial charge in [-0.05, 0) is 34.2 Å². The molecule has 19 heavy (non-hydrogen) atoms. The van der Waals surface area contributed by atoms with Crippen molar-refractivity contribution in [2.45, 2.75) is 6.54 Å². The summed E-state index contributed by atoms with van der Waals surface area (Å²) in [6.07, 6.45) is 1.40. The Balaban J connectivity index is 1.78. The number of aromatic nitrogens is 3. The molecule has 1 aromatic carbocycles. The van der Waals surface area contributed by atoms with Gasteiger partial charge in [0.1, 0.15) is 6.61 Å². The second-order valence-electron chi connectivity index (χ2n) is 4.13. The molecule has 1 amide bonds. The zero-order valence-electron chi connectivity index (χ0n) is 9.99. The van der Waals surface area contributed by atoms with E-state index in [4.69, 9.17) is 4.74 Å². The van der Waals surface area contributed by atoms with E-state index in [-0.39, 0.29) is 6.09 Å². The lowest BCUT2D eigenvalue weighted by Crippen LogP contribution is -2.23. The molecule has 0 N–H and O–H groups in total. The molecule has 0 spiro atoms. The van der Waals surface area contributed by atoms with Crippen molar-refractivity contribution in [2.75, 3.05) is 18.1 Å². The highest BCUT2D eigenvalue weighted by atomic mass is 127. The predicted molar refractivity (Wildman–Crippen MR) is 77.0 cm³/mol. The molecule has 1 saturated heterocycles. The number of cyclic esters (lactones) is 1. The summed E-state index contributed by atoms with van der Waals surface area (Å²) in [5.74, 6) is 0.536. The Morgan fingerprint density at radius 3 is 2.95 bits per heavy atom. The van der Waals surface area contributed by atoms with Crippen molar-refractivity contribution in [1.29, 1.82) is 0 Å². The number of hydrogen-bond acceptors (Lipinski definition) is 4. The fraction of sp³-hybridized carbons (Fsp3) is 0.250. The maximum absolute atomic E-state index is 11.4. The van der Waals surface area contributed by atoms with Crippen LogP contribution in [0.4, 0.5) is 10.6 Å². The number of halogens is 1. The van der Waals surface area contributed by atoms with E-state index in [2.05, 4.69) is 32.9 Å². The van der Waals surface area contributed by atoms with E-state index in [0.717, 1.165) is 0 Å². The van der Waals surface area contributed by atoms with Crippen LogP contribution in [-0.2, 0) is 11.3 Å². The molecule has 1 aromatic heterocycles. The molecule has 0 unspecified atom stereocenters. The molecule has 0 atom stereocenters. The number of carbonyl (C=O) groups is 1. The summed E-state index contributed by atoms with van der Waals surface area (Å²) in [6, 6.07) is 8.09. The number of hydrogen-bond donors (Lipinski definition) is 0. The Hall–Kier alpha value is -1.64. The van der Waals surface area contributed by atoms with E-state index in [1.807, 2.05) is 24.3 Å². The summed E-state index contributed by atoms with van der Waals surface area (Å²) >= 11 is 2.29. The summed E-state index contributed by atoms with van der Waals surface area (Å²) in [5.41, 5.74) is 1.17. The number of rotatable bonds is 3. The highest BCUT2D eigenvalue weighted by Gasteiger charge is 2.25. The van der Waals surface area contributed by atoms with Gasteiger partial charge >= 0.3 is 6.09 Å². The first-order valence-electron chi connectivity index (χ1n) is 5.82. The Morgan fingerprint density at radius 1 is 1.37 bits per heavy atom. The first-order valence-corrected chi connectivity index (χ1v) is 6.90. The van der Waals surface area contributed by atoms with Gasteiger partial charge in [0, 0.05) is 3.57 Å². The molecule has 2 aromatic rings. The van der Waals surface area contributed by atoms with E-state index in [1.54, 1.807) is 10.9 Å². The topological polar surface area (TPSA) is 60.2 Å². The van der Waals surface area contributed by atoms with E-state index < -0.39 is 0 Å². The zero-order valence-corrected chi connectivity index (χ0v) is 12.1. The average molecular weight is 370 g/mol. The Morgan fingerprint density at radius 2 is 2.21 bits per heavy atom. The van der Waals surface area contributed by atoms with Gasteiger partial charge in [-0.15, -0.1) is 5.10 Å². The number of ether oxygens (including phenoxy) is 1. The Kier molecular flexibility index (Phi) is 3.36. The quantitative estimate of drug-likeness (QED) is 0.775. The van der Waals surface area contributed by atoms with Gasteiger partial charge in [0.15, 0.2) is 5.82 Å². The van der Waals surface area contributed by atoms with E-state index >= 15 is 0 Å². The van der Waals surface area contributed by atoms with Crippen molar-refractivity contribution in [3.8, 4) is 0 Å². The molecule has 1 fully saturated rings. The molecule has 2 heterocycles. The van der Waals surface area contributed by atoms with Gasteiger partial charge in [-0.2, -0.15) is 0 Å². The lowest BCUT2D eigenvalue weighted by molar-refractivity contribution is 0.181. The molecule has 0 saturated carbocycles. The molecule has 0 radical (unpaired) electrons. The molecular weight excluding hydrogens is 359 g/mol. The van der Waals surface area contributed by atoms with E-state index in [1.165, 1.54) is 14.0 Å². The third-order valence-corrected chi connectivity index (χ3v) is 3.91. The molecule has 0 aliphatic carbocycles. The summed E-state index contributed by atoms with van der Waals surface area (Å²) in [6.45, 7) is 1.57. The van der Waals surface area contributed by atoms with Crippen LogP contribution in [0.1, 0.15) is 5.56 Å². The van der Waals surface area contributed by atoms with Gasteiger partial charge in [0.05, 0.1) is 19.3 Å². The van der Waals surface area contributed by atoms with Crippen molar-refractivity contribution in [3.05, 3.63) is 39.6 Å². The van der Waals surface area contributed by atoms with Gasteiger partial charge in [0.2, 0.25) is 0 Å². The monoisotopic (exact) mass is 370 g/mol. The Labute approximate surface area is 123 Å². The van der Waals surface area contributed by atoms with Crippen LogP contribution in [0.5, 0.6) is 0 Å². The van der Waals surface area contributed by atoms with Crippen molar-refractivity contribution in [2.24, 2.45) is 0 Å². The van der Waals surface area contributed by atoms with Crippen molar-refractivity contribution >= 4 is 34.5 Å². The van der Waals surface area contributed by atoms with Crippen LogP contribution >= 0.6 is 22.6 Å². The summed E-state index contributed by atoms with van der Waals surface area (Å²) in [7, 11) is 0. The van der Waals surface area contributed by atoms with Crippen molar-refractivity contribution < 1.29 is 9.53 Å². The lowest BCUT2D eigenvalue weighted by Gasteiger charge is -2.06. The molecule has 0 bridgehead atoms. The normalized spacial score (nSPS) is 14.8. The number of carbonyl (C=O) groups excluding carboxylic acids is 1. The third-order valence-electron chi connectivity index (χ3n) is 2.85. The van der Waals surface area contributed by atoms with Gasteiger partial charge in [-0.3, -0.25) is 4.90 Å². The second-order valence-corrected chi connectivity index (χ2v) is 5.29. The fourth-order valence-corrected chi connectivity index (χ4v) is 2.45. The van der Waals surface area contributed by atoms with Gasteiger partial charge in [-0.25, -0.2) is 9.48 Å². The lowest BCUT2D eigenvalue weighted by atomic mass is 10.2. The standard InChI is InChI=1S/C12H11IN4O2/c13-10-4-2-1-3-9(10)7-16-8-11(14-15-16)17-5-6-19-12(17)18/h1-4,8H,5-7H2. The minimum absolute atomic E-state index is 0.360. The Bertz CT molecular complexity index is 613. The van der Waals surface area contributed by atoms with Crippen LogP contribution in [0.25, 0.3) is 0 Å². The van der Waals surface area contributed by atoms with E-state index in [9.17, 15) is 4.79 Å². The van der Waals surface area contributed by atoms with Crippen LogP contribution in [0.15, 0.2) is 30.5 Å². The van der Waals surface area contributed by atoms with Crippen LogP contribution in [0.2, 0.25) is 0 Å². The SMILES string of the molecule is O=C1OCCN1c1cn(Cc2ccccc2I)nn1. The van der Waals surface area contributed by atoms with E-state index in [0.29, 0.717) is 25.5 Å². The predicted octanol–water partition coefficient (Wildman–Crippen LogP) is 1.89. The number of nitrogens with zero attached hydrogens (tertiary/aromatic N) is 4. The maximum atomic E-state index is 11.4. The van der Waals surface area contributed by atoms with Crippen molar-refractivity contribution in [1.82, 2.24) is 15.0 Å². The van der Waals surface area contributed by atoms with Gasteiger partial charge in [0.25, 0.3) is 0 Å². The minimum atomic E-state index is -0.360. The third kappa shape index (κ3) is 2.55. The largest absolute Gasteiger partial charge is 0.447 e. The molecular formula is C12H11IN4O2. The number of amides is 1. The molecule has 3 rings (SSSR count). The maximum Gasteiger partial charge on any atom is 0.415 e. The van der Waals surface area contributed by atoms with Crippen LogP contribution in [0.3, 0.4) is 0 Å². The second kappa shape index (κ2) is 5.16. The summed E-state index contributed by atoms with van der Waals surface area (Å²) in [4.78, 5) is 12.9. The van der Waals surface area contributed by atoms with Crippen molar-refractivity contribution in [3.63, 3.8) is 0 Å². The van der Waals surface area contributed by atoms with Gasteiger partial charge < -0.3 is 4.74 Å². The summed E-state index contributed by atoms with van der Waals surface area (Å²) in [5, 5.41) is 8.06. The van der Waals surface area contributed by atoms with Crippen LogP contribution in [-0.4, -0.2) is 34.2 Å². The first kappa shape index (κ1) is 12.4. The molecule has 98 valence electrons. The number of anilines is 1. The first-order chi connectivity index (χ1) is 9.24. The van der Waals surface area contributed by atoms with Crippen LogP contribution in [0, 0.1) is 3.57 Å². The molecule has 7 heteroatoms. The molecule has 1 aliphatic heterocycles. The van der Waals surface area contributed by atoms with Crippen LogP contribution < -0.4 is 4.90 Å². The molecule has 1 aliphatic rings. The number of benzene rings is 1. The minimum Gasteiger partial charge on any atom is -0.447 e. The highest BCUT2D eigenvalue weighted by Crippen LogP contribution is 2.17. The molecule has 6 nitrogen and oxygen atoms in total.